The lowest BCUT2D eigenvalue weighted by Crippen LogP contribution is -2.51. The molecule has 23 heavy (non-hydrogen) atoms. The van der Waals surface area contributed by atoms with E-state index in [4.69, 9.17) is 0 Å². The van der Waals surface area contributed by atoms with Crippen molar-refractivity contribution >= 4 is 21.8 Å². The Hall–Kier alpha value is -0.840. The molecule has 0 unspecified atom stereocenters. The summed E-state index contributed by atoms with van der Waals surface area (Å²) in [6, 6.07) is 0. The second-order valence-electron chi connectivity index (χ2n) is 8.34. The summed E-state index contributed by atoms with van der Waals surface area (Å²) in [5, 5.41) is 7.66. The van der Waals surface area contributed by atoms with E-state index < -0.39 is 0 Å². The van der Waals surface area contributed by atoms with E-state index in [0.717, 1.165) is 40.2 Å². The quantitative estimate of drug-likeness (QED) is 0.868. The Morgan fingerprint density at radius 3 is 2.26 bits per heavy atom. The lowest BCUT2D eigenvalue weighted by Gasteiger charge is -2.56. The molecule has 126 valence electrons. The summed E-state index contributed by atoms with van der Waals surface area (Å²) >= 11 is 3.52. The highest BCUT2D eigenvalue weighted by molar-refractivity contribution is 9.10. The molecule has 4 aliphatic carbocycles. The molecule has 0 saturated heterocycles. The molecule has 5 rings (SSSR count). The summed E-state index contributed by atoms with van der Waals surface area (Å²) in [6.07, 6.45) is 8.37. The third kappa shape index (κ3) is 2.86. The number of rotatable bonds is 4. The molecule has 4 fully saturated rings. The van der Waals surface area contributed by atoms with Gasteiger partial charge in [0.15, 0.2) is 0 Å². The van der Waals surface area contributed by atoms with Crippen molar-refractivity contribution in [2.45, 2.75) is 58.9 Å². The molecule has 0 radical (unpaired) electrons. The van der Waals surface area contributed by atoms with Crippen LogP contribution in [0.25, 0.3) is 0 Å². The largest absolute Gasteiger partial charge is 0.354 e. The minimum Gasteiger partial charge on any atom is -0.354 e. The summed E-state index contributed by atoms with van der Waals surface area (Å²) in [6.45, 7) is 5.15. The third-order valence-electron chi connectivity index (χ3n) is 6.41. The van der Waals surface area contributed by atoms with Gasteiger partial charge in [-0.3, -0.25) is 9.48 Å². The maximum absolute atomic E-state index is 12.4. The zero-order valence-corrected chi connectivity index (χ0v) is 15.7. The van der Waals surface area contributed by atoms with Crippen LogP contribution in [0.5, 0.6) is 0 Å². The summed E-state index contributed by atoms with van der Waals surface area (Å²) < 4.78 is 2.81. The van der Waals surface area contributed by atoms with Crippen molar-refractivity contribution in [2.75, 3.05) is 6.54 Å². The minimum absolute atomic E-state index is 0.0962. The Kier molecular flexibility index (Phi) is 3.82. The number of nitrogens with one attached hydrogen (secondary N) is 1. The van der Waals surface area contributed by atoms with Crippen molar-refractivity contribution in [1.82, 2.24) is 15.1 Å². The maximum Gasteiger partial charge on any atom is 0.241 e. The van der Waals surface area contributed by atoms with E-state index in [2.05, 4.69) is 26.3 Å². The van der Waals surface area contributed by atoms with Gasteiger partial charge in [-0.15, -0.1) is 0 Å². The Labute approximate surface area is 146 Å². The van der Waals surface area contributed by atoms with Gasteiger partial charge in [-0.05, 0) is 91.5 Å². The number of aromatic nitrogens is 2. The second kappa shape index (κ2) is 5.61. The molecule has 4 aliphatic rings. The number of hydrogen-bond acceptors (Lipinski definition) is 2. The van der Waals surface area contributed by atoms with Crippen LogP contribution in [0.4, 0.5) is 0 Å². The van der Waals surface area contributed by atoms with Crippen LogP contribution >= 0.6 is 15.9 Å². The molecule has 5 heteroatoms. The predicted molar refractivity (Wildman–Crippen MR) is 93.0 cm³/mol. The Balaban J connectivity index is 1.37. The highest BCUT2D eigenvalue weighted by Crippen LogP contribution is 2.59. The number of carbonyl (C=O) groups is 1. The fourth-order valence-corrected chi connectivity index (χ4v) is 6.10. The molecule has 0 atom stereocenters. The molecular weight excluding hydrogens is 354 g/mol. The van der Waals surface area contributed by atoms with Crippen molar-refractivity contribution < 1.29 is 4.79 Å². The molecule has 1 heterocycles. The van der Waals surface area contributed by atoms with Gasteiger partial charge in [-0.2, -0.15) is 5.10 Å². The number of nitrogens with zero attached hydrogens (tertiary/aromatic N) is 2. The van der Waals surface area contributed by atoms with E-state index in [1.807, 2.05) is 13.8 Å². The first kappa shape index (κ1) is 15.7. The molecule has 1 N–H and O–H groups in total. The molecule has 1 aromatic rings. The molecule has 4 nitrogen and oxygen atoms in total. The van der Waals surface area contributed by atoms with Crippen LogP contribution in [-0.4, -0.2) is 22.2 Å². The van der Waals surface area contributed by atoms with E-state index >= 15 is 0 Å². The van der Waals surface area contributed by atoms with E-state index in [0.29, 0.717) is 12.0 Å². The number of amides is 1. The Morgan fingerprint density at radius 1 is 1.22 bits per heavy atom. The zero-order valence-electron chi connectivity index (χ0n) is 14.1. The first-order chi connectivity index (χ1) is 10.9. The first-order valence-electron chi connectivity index (χ1n) is 8.90. The van der Waals surface area contributed by atoms with Gasteiger partial charge >= 0.3 is 0 Å². The van der Waals surface area contributed by atoms with Gasteiger partial charge in [0.05, 0.1) is 15.9 Å². The minimum atomic E-state index is 0.0962. The Bertz CT molecular complexity index is 601. The van der Waals surface area contributed by atoms with Crippen LogP contribution in [0.1, 0.15) is 49.9 Å². The Morgan fingerprint density at radius 2 is 1.78 bits per heavy atom. The molecule has 0 aliphatic heterocycles. The number of halogens is 1. The average Bonchev–Trinajstić information content (AvgIpc) is 2.71. The van der Waals surface area contributed by atoms with Crippen molar-refractivity contribution in [1.29, 1.82) is 0 Å². The normalized spacial score (nSPS) is 34.8. The van der Waals surface area contributed by atoms with Gasteiger partial charge < -0.3 is 5.32 Å². The first-order valence-corrected chi connectivity index (χ1v) is 9.70. The highest BCUT2D eigenvalue weighted by Gasteiger charge is 2.50. The van der Waals surface area contributed by atoms with Gasteiger partial charge in [0.25, 0.3) is 0 Å². The molecule has 4 saturated carbocycles. The summed E-state index contributed by atoms with van der Waals surface area (Å²) in [5.74, 6) is 2.90. The van der Waals surface area contributed by atoms with Crippen LogP contribution in [0.2, 0.25) is 0 Å². The second-order valence-corrected chi connectivity index (χ2v) is 9.13. The molecule has 1 amide bonds. The number of hydrogen-bond donors (Lipinski definition) is 1. The van der Waals surface area contributed by atoms with Gasteiger partial charge in [0.2, 0.25) is 5.91 Å². The molecule has 1 aromatic heterocycles. The standard InChI is InChI=1S/C18H26BrN3O/c1-11-17(19)12(2)22(21-11)9-16(23)20-10-18-6-13-3-14(7-18)5-15(4-13)8-18/h13-15H,3-10H2,1-2H3,(H,20,23). The van der Waals surface area contributed by atoms with Crippen LogP contribution < -0.4 is 5.32 Å². The van der Waals surface area contributed by atoms with E-state index in [9.17, 15) is 4.79 Å². The van der Waals surface area contributed by atoms with E-state index in [-0.39, 0.29) is 5.91 Å². The van der Waals surface area contributed by atoms with Gasteiger partial charge in [-0.25, -0.2) is 0 Å². The molecule has 0 spiro atoms. The van der Waals surface area contributed by atoms with Crippen LogP contribution in [0.3, 0.4) is 0 Å². The van der Waals surface area contributed by atoms with Crippen LogP contribution in [0.15, 0.2) is 4.47 Å². The SMILES string of the molecule is Cc1nn(CC(=O)NCC23CC4CC(CC(C4)C2)C3)c(C)c1Br. The number of carbonyl (C=O) groups excluding carboxylic acids is 1. The molecule has 4 bridgehead atoms. The molecule has 0 aromatic carbocycles. The van der Waals surface area contributed by atoms with Crippen LogP contribution in [-0.2, 0) is 11.3 Å². The van der Waals surface area contributed by atoms with Crippen molar-refractivity contribution in [3.05, 3.63) is 15.9 Å². The van der Waals surface area contributed by atoms with Crippen molar-refractivity contribution in [2.24, 2.45) is 23.2 Å². The monoisotopic (exact) mass is 379 g/mol. The fourth-order valence-electron chi connectivity index (χ4n) is 5.81. The van der Waals surface area contributed by atoms with Crippen LogP contribution in [0, 0.1) is 37.0 Å². The maximum atomic E-state index is 12.4. The smallest absolute Gasteiger partial charge is 0.241 e. The number of aryl methyl sites for hydroxylation is 1. The topological polar surface area (TPSA) is 46.9 Å². The van der Waals surface area contributed by atoms with Crippen molar-refractivity contribution in [3.8, 4) is 0 Å². The average molecular weight is 380 g/mol. The summed E-state index contributed by atoms with van der Waals surface area (Å²) in [7, 11) is 0. The lowest BCUT2D eigenvalue weighted by atomic mass is 9.49. The van der Waals surface area contributed by atoms with E-state index in [1.165, 1.54) is 38.5 Å². The predicted octanol–water partition coefficient (Wildman–Crippen LogP) is 3.60. The van der Waals surface area contributed by atoms with Gasteiger partial charge in [0, 0.05) is 6.54 Å². The third-order valence-corrected chi connectivity index (χ3v) is 7.56. The molecular formula is C18H26BrN3O. The van der Waals surface area contributed by atoms with Gasteiger partial charge in [-0.1, -0.05) is 0 Å². The zero-order chi connectivity index (χ0) is 16.2. The summed E-state index contributed by atoms with van der Waals surface area (Å²) in [4.78, 5) is 12.4. The van der Waals surface area contributed by atoms with E-state index in [1.54, 1.807) is 4.68 Å². The summed E-state index contributed by atoms with van der Waals surface area (Å²) in [5.41, 5.74) is 2.36. The lowest BCUT2D eigenvalue weighted by molar-refractivity contribution is -0.124. The van der Waals surface area contributed by atoms with Gasteiger partial charge in [0.1, 0.15) is 6.54 Å². The fraction of sp³-hybridized carbons (Fsp3) is 0.778. The highest BCUT2D eigenvalue weighted by atomic mass is 79.9. The van der Waals surface area contributed by atoms with Crippen molar-refractivity contribution in [3.63, 3.8) is 0 Å².